The number of anilines is 1. The van der Waals surface area contributed by atoms with Crippen LogP contribution in [0, 0.1) is 0 Å². The minimum absolute atomic E-state index is 0.224. The molecule has 134 valence electrons. The van der Waals surface area contributed by atoms with Crippen molar-refractivity contribution in [3.8, 4) is 5.75 Å². The number of alkyl halides is 3. The zero-order chi connectivity index (χ0) is 18.4. The number of nitrogens with one attached hydrogen (secondary N) is 1. The molecule has 25 heavy (non-hydrogen) atoms. The van der Waals surface area contributed by atoms with Gasteiger partial charge in [0, 0.05) is 5.56 Å². The van der Waals surface area contributed by atoms with Crippen molar-refractivity contribution in [1.29, 1.82) is 0 Å². The van der Waals surface area contributed by atoms with Gasteiger partial charge in [-0.1, -0.05) is 13.3 Å². The second kappa shape index (κ2) is 7.87. The van der Waals surface area contributed by atoms with E-state index in [1.807, 2.05) is 6.92 Å². The average Bonchev–Trinajstić information content (AvgIpc) is 2.56. The van der Waals surface area contributed by atoms with Gasteiger partial charge in [-0.05, 0) is 42.8 Å². The molecule has 0 spiro atoms. The highest BCUT2D eigenvalue weighted by atomic mass is 19.4. The number of halogens is 3. The molecule has 0 saturated carbocycles. The lowest BCUT2D eigenvalue weighted by molar-refractivity contribution is -0.154. The topological polar surface area (TPSA) is 68.5 Å². The highest BCUT2D eigenvalue weighted by Gasteiger charge is 2.34. The van der Waals surface area contributed by atoms with Gasteiger partial charge >= 0.3 is 11.8 Å². The lowest BCUT2D eigenvalue weighted by atomic mass is 10.2. The zero-order valence-corrected chi connectivity index (χ0v) is 13.4. The van der Waals surface area contributed by atoms with E-state index >= 15 is 0 Å². The van der Waals surface area contributed by atoms with Crippen molar-refractivity contribution < 1.29 is 27.1 Å². The van der Waals surface area contributed by atoms with E-state index in [2.05, 4.69) is 9.73 Å². The average molecular weight is 355 g/mol. The molecular formula is C17H16F3NO4. The molecule has 0 saturated heterocycles. The molecule has 0 radical (unpaired) electrons. The smallest absolute Gasteiger partial charge is 0.449 e. The highest BCUT2D eigenvalue weighted by Crippen LogP contribution is 2.28. The van der Waals surface area contributed by atoms with Crippen molar-refractivity contribution in [2.75, 3.05) is 11.9 Å². The number of rotatable bonds is 6. The van der Waals surface area contributed by atoms with Gasteiger partial charge in [0.05, 0.1) is 6.61 Å². The van der Waals surface area contributed by atoms with Gasteiger partial charge in [-0.3, -0.25) is 4.79 Å². The summed E-state index contributed by atoms with van der Waals surface area (Å²) in [5, 5.41) is 2.22. The summed E-state index contributed by atoms with van der Waals surface area (Å²) in [6.45, 7) is 2.60. The van der Waals surface area contributed by atoms with Crippen LogP contribution in [0.4, 0.5) is 18.9 Å². The van der Waals surface area contributed by atoms with Crippen LogP contribution in [0.25, 0.3) is 0 Å². The van der Waals surface area contributed by atoms with Gasteiger partial charge in [0.2, 0.25) is 5.76 Å². The second-order valence-electron chi connectivity index (χ2n) is 5.18. The lowest BCUT2D eigenvalue weighted by Gasteiger charge is -2.08. The van der Waals surface area contributed by atoms with E-state index in [0.29, 0.717) is 18.4 Å². The number of carbonyl (C=O) groups is 1. The minimum Gasteiger partial charge on any atom is -0.494 e. The predicted octanol–water partition coefficient (Wildman–Crippen LogP) is 4.09. The highest BCUT2D eigenvalue weighted by molar-refractivity contribution is 6.04. The third kappa shape index (κ3) is 5.10. The van der Waals surface area contributed by atoms with Crippen LogP contribution in [-0.4, -0.2) is 12.5 Å². The van der Waals surface area contributed by atoms with Crippen molar-refractivity contribution >= 4 is 11.6 Å². The van der Waals surface area contributed by atoms with E-state index in [9.17, 15) is 22.8 Å². The van der Waals surface area contributed by atoms with Gasteiger partial charge in [0.1, 0.15) is 11.4 Å². The third-order valence-electron chi connectivity index (χ3n) is 3.23. The number of carbonyl (C=O) groups excluding carboxylic acids is 1. The van der Waals surface area contributed by atoms with E-state index < -0.39 is 23.5 Å². The molecule has 0 atom stereocenters. The first-order chi connectivity index (χ1) is 11.8. The molecule has 1 N–H and O–H groups in total. The first-order valence-corrected chi connectivity index (χ1v) is 7.57. The maximum atomic E-state index is 12.4. The molecule has 0 aliphatic carbocycles. The Morgan fingerprint density at radius 1 is 1.16 bits per heavy atom. The summed E-state index contributed by atoms with van der Waals surface area (Å²) in [4.78, 5) is 23.6. The van der Waals surface area contributed by atoms with E-state index in [-0.39, 0.29) is 11.3 Å². The SMILES string of the molecule is CCCCOc1ccc(C(=O)Nc2ccc(C(F)(F)F)oc2=O)cc1. The maximum absolute atomic E-state index is 12.4. The molecule has 0 aliphatic rings. The van der Waals surface area contributed by atoms with Crippen molar-refractivity contribution in [3.05, 3.63) is 58.1 Å². The molecule has 1 aromatic heterocycles. The second-order valence-corrected chi connectivity index (χ2v) is 5.18. The Bertz CT molecular complexity index is 782. The number of unbranched alkanes of at least 4 members (excludes halogenated alkanes) is 1. The molecule has 1 amide bonds. The molecule has 2 rings (SSSR count). The Labute approximate surface area is 141 Å². The first kappa shape index (κ1) is 18.6. The van der Waals surface area contributed by atoms with Gasteiger partial charge in [-0.15, -0.1) is 0 Å². The largest absolute Gasteiger partial charge is 0.494 e. The van der Waals surface area contributed by atoms with Gasteiger partial charge in [-0.2, -0.15) is 13.2 Å². The molecule has 8 heteroatoms. The van der Waals surface area contributed by atoms with E-state index in [0.717, 1.165) is 18.9 Å². The number of benzene rings is 1. The third-order valence-corrected chi connectivity index (χ3v) is 3.23. The summed E-state index contributed by atoms with van der Waals surface area (Å²) in [5.74, 6) is -1.48. The molecule has 1 aromatic carbocycles. The number of ether oxygens (including phenoxy) is 1. The molecule has 1 heterocycles. The predicted molar refractivity (Wildman–Crippen MR) is 84.8 cm³/mol. The van der Waals surface area contributed by atoms with Crippen LogP contribution in [0.2, 0.25) is 0 Å². The van der Waals surface area contributed by atoms with Crippen LogP contribution >= 0.6 is 0 Å². The minimum atomic E-state index is -4.77. The van der Waals surface area contributed by atoms with Crippen molar-refractivity contribution in [3.63, 3.8) is 0 Å². The molecule has 2 aromatic rings. The first-order valence-electron chi connectivity index (χ1n) is 7.57. The quantitative estimate of drug-likeness (QED) is 0.793. The summed E-state index contributed by atoms with van der Waals surface area (Å²) >= 11 is 0. The van der Waals surface area contributed by atoms with Gasteiger partial charge in [-0.25, -0.2) is 4.79 Å². The Morgan fingerprint density at radius 2 is 1.84 bits per heavy atom. The molecule has 0 fully saturated rings. The summed E-state index contributed by atoms with van der Waals surface area (Å²) in [6, 6.07) is 7.61. The molecule has 0 bridgehead atoms. The van der Waals surface area contributed by atoms with E-state index in [1.54, 1.807) is 12.1 Å². The summed E-state index contributed by atoms with van der Waals surface area (Å²) in [5.41, 5.74) is -1.42. The van der Waals surface area contributed by atoms with E-state index in [1.165, 1.54) is 12.1 Å². The number of amides is 1. The monoisotopic (exact) mass is 355 g/mol. The molecule has 0 unspecified atom stereocenters. The fourth-order valence-corrected chi connectivity index (χ4v) is 1.89. The number of hydrogen-bond acceptors (Lipinski definition) is 4. The zero-order valence-electron chi connectivity index (χ0n) is 13.4. The van der Waals surface area contributed by atoms with Gasteiger partial charge in [0.15, 0.2) is 0 Å². The molecule has 5 nitrogen and oxygen atoms in total. The maximum Gasteiger partial charge on any atom is 0.449 e. The normalized spacial score (nSPS) is 11.2. The van der Waals surface area contributed by atoms with Crippen LogP contribution in [0.5, 0.6) is 5.75 Å². The Morgan fingerprint density at radius 3 is 2.40 bits per heavy atom. The van der Waals surface area contributed by atoms with Crippen molar-refractivity contribution in [2.45, 2.75) is 25.9 Å². The number of hydrogen-bond donors (Lipinski definition) is 1. The van der Waals surface area contributed by atoms with Crippen molar-refractivity contribution in [1.82, 2.24) is 0 Å². The van der Waals surface area contributed by atoms with Crippen molar-refractivity contribution in [2.24, 2.45) is 0 Å². The summed E-state index contributed by atoms with van der Waals surface area (Å²) < 4.78 is 47.0. The van der Waals surface area contributed by atoms with E-state index in [4.69, 9.17) is 4.74 Å². The fraction of sp³-hybridized carbons (Fsp3) is 0.294. The molecular weight excluding hydrogens is 339 g/mol. The van der Waals surface area contributed by atoms with Gasteiger partial charge < -0.3 is 14.5 Å². The standard InChI is InChI=1S/C17H16F3NO4/c1-2-3-10-24-12-6-4-11(5-7-12)15(22)21-13-8-9-14(17(18,19)20)25-16(13)23/h4-9H,2-3,10H2,1H3,(H,21,22). The summed E-state index contributed by atoms with van der Waals surface area (Å²) in [6.07, 6.45) is -2.86. The van der Waals surface area contributed by atoms with Gasteiger partial charge in [0.25, 0.3) is 5.91 Å². The molecule has 0 aliphatic heterocycles. The van der Waals surface area contributed by atoms with Crippen LogP contribution < -0.4 is 15.7 Å². The van der Waals surface area contributed by atoms with Crippen LogP contribution in [0.15, 0.2) is 45.6 Å². The fourth-order valence-electron chi connectivity index (χ4n) is 1.89. The summed E-state index contributed by atoms with van der Waals surface area (Å²) in [7, 11) is 0. The lowest BCUT2D eigenvalue weighted by Crippen LogP contribution is -2.19. The van der Waals surface area contributed by atoms with Crippen LogP contribution in [0.3, 0.4) is 0 Å². The Hall–Kier alpha value is -2.77. The Kier molecular flexibility index (Phi) is 5.84. The van der Waals surface area contributed by atoms with Crippen LogP contribution in [0.1, 0.15) is 35.9 Å². The Balaban J connectivity index is 2.06. The van der Waals surface area contributed by atoms with Crippen LogP contribution in [-0.2, 0) is 6.18 Å².